The van der Waals surface area contributed by atoms with Gasteiger partial charge in [-0.25, -0.2) is 25.3 Å². The number of aromatic nitrogens is 1. The van der Waals surface area contributed by atoms with Crippen LogP contribution in [0.1, 0.15) is 56.5 Å². The smallest absolute Gasteiger partial charge is 0.323 e. The van der Waals surface area contributed by atoms with E-state index in [1.807, 2.05) is 42.7 Å². The number of aryl methyl sites for hydroxylation is 2. The molecule has 3 aliphatic heterocycles. The van der Waals surface area contributed by atoms with Crippen LogP contribution in [-0.4, -0.2) is 119 Å². The number of thioether (sulfide) groups is 3. The van der Waals surface area contributed by atoms with Crippen LogP contribution >= 0.6 is 70.4 Å². The lowest BCUT2D eigenvalue weighted by atomic mass is 10.1. The lowest BCUT2D eigenvalue weighted by Crippen LogP contribution is -2.36. The molecule has 2 aromatic carbocycles. The monoisotopic (exact) mass is 1080 g/mol. The summed E-state index contributed by atoms with van der Waals surface area (Å²) < 4.78 is 103. The maximum absolute atomic E-state index is 12.2. The molecule has 25 heteroatoms. The summed E-state index contributed by atoms with van der Waals surface area (Å²) in [7, 11) is -12.9. The summed E-state index contributed by atoms with van der Waals surface area (Å²) in [5.41, 5.74) is 3.92. The third-order valence-corrected chi connectivity index (χ3v) is 17.9. The van der Waals surface area contributed by atoms with E-state index in [9.17, 15) is 48.5 Å². The summed E-state index contributed by atoms with van der Waals surface area (Å²) >= 11 is 17.1. The second-order valence-electron chi connectivity index (χ2n) is 15.2. The number of nitrogens with zero attached hydrogens (tertiary/aromatic N) is 4. The quantitative estimate of drug-likeness (QED) is 0.0432. The van der Waals surface area contributed by atoms with Gasteiger partial charge in [-0.15, -0.1) is 11.8 Å². The van der Waals surface area contributed by atoms with Crippen molar-refractivity contribution in [2.75, 3.05) is 48.3 Å². The van der Waals surface area contributed by atoms with Crippen molar-refractivity contribution >= 4 is 139 Å². The molecule has 3 aliphatic rings. The van der Waals surface area contributed by atoms with Crippen LogP contribution in [-0.2, 0) is 46.5 Å². The highest BCUT2D eigenvalue weighted by molar-refractivity contribution is 8.26. The molecular weight excluding hydrogens is 1030 g/mol. The van der Waals surface area contributed by atoms with Gasteiger partial charge in [0.1, 0.15) is 15.6 Å². The molecule has 2 fully saturated rings. The van der Waals surface area contributed by atoms with Gasteiger partial charge in [-0.3, -0.25) is 14.5 Å². The van der Waals surface area contributed by atoms with Gasteiger partial charge in [0, 0.05) is 70.6 Å². The molecule has 0 bridgehead atoms. The van der Waals surface area contributed by atoms with Crippen LogP contribution in [0.3, 0.4) is 0 Å². The Morgan fingerprint density at radius 2 is 1.67 bits per heavy atom. The molecule has 1 aromatic heterocycles. The Hall–Kier alpha value is -3.01. The van der Waals surface area contributed by atoms with E-state index in [2.05, 4.69) is 28.0 Å². The fourth-order valence-electron chi connectivity index (χ4n) is 6.73. The van der Waals surface area contributed by atoms with E-state index in [1.54, 1.807) is 53.1 Å². The molecule has 360 valence electrons. The molecule has 0 aliphatic carbocycles. The summed E-state index contributed by atoms with van der Waals surface area (Å²) in [4.78, 5) is 29.6. The number of hydrogen-bond acceptors (Lipinski definition) is 18. The van der Waals surface area contributed by atoms with Gasteiger partial charge in [0.2, 0.25) is 5.52 Å². The van der Waals surface area contributed by atoms with Gasteiger partial charge in [0.25, 0.3) is 10.9 Å². The molecular formula is C41H47ClN4O12S8-2. The number of amides is 1. The number of aliphatic carboxylic acids is 1. The van der Waals surface area contributed by atoms with Gasteiger partial charge in [-0.1, -0.05) is 71.7 Å². The number of carboxylic acid groups (broad SMARTS) is 1. The predicted molar refractivity (Wildman–Crippen MR) is 264 cm³/mol. The van der Waals surface area contributed by atoms with E-state index in [0.717, 1.165) is 76.0 Å². The molecule has 1 N–H and O–H groups in total. The first-order chi connectivity index (χ1) is 30.9. The molecule has 16 nitrogen and oxygen atoms in total. The van der Waals surface area contributed by atoms with E-state index < -0.39 is 59.8 Å². The highest BCUT2D eigenvalue weighted by Crippen LogP contribution is 2.47. The number of unbranched alkanes of at least 4 members (excludes halogenated alkanes) is 1. The van der Waals surface area contributed by atoms with E-state index in [4.69, 9.17) is 28.9 Å². The number of thiocarbonyl (C=S) groups is 1. The summed E-state index contributed by atoms with van der Waals surface area (Å²) in [5, 5.41) is 11.1. The minimum absolute atomic E-state index is 0.178. The SMILES string of the molecule is CCC(=Cc1sc2ccc(Cl)cc2[n+]1CCCS(=O)(=O)[O-])C=C1Sc2ccc(C)cc2N1CCC(C)S(=O)(=O)[O-].O=C(O)CN1C(=O)/C(=C/C=C2\SCCN2CCCCS(=O)(=O)[O-])SC1=S. The Kier molecular flexibility index (Phi) is 19.2. The molecule has 2 saturated heterocycles. The van der Waals surface area contributed by atoms with Gasteiger partial charge in [-0.05, 0) is 93.2 Å². The fraction of sp³-hybridized carbons (Fsp3) is 0.415. The number of rotatable bonds is 19. The van der Waals surface area contributed by atoms with Crippen LogP contribution in [0.25, 0.3) is 16.3 Å². The number of anilines is 1. The zero-order chi connectivity index (χ0) is 48.6. The molecule has 6 rings (SSSR count). The maximum Gasteiger partial charge on any atom is 0.323 e. The summed E-state index contributed by atoms with van der Waals surface area (Å²) in [5.74, 6) is -1.49. The summed E-state index contributed by atoms with van der Waals surface area (Å²) in [6.07, 6.45) is 9.50. The number of carbonyl (C=O) groups is 2. The largest absolute Gasteiger partial charge is 0.748 e. The molecule has 1 unspecified atom stereocenters. The number of carbonyl (C=O) groups excluding carboxylic acids is 1. The molecule has 0 radical (unpaired) electrons. The van der Waals surface area contributed by atoms with E-state index in [-0.39, 0.29) is 22.9 Å². The van der Waals surface area contributed by atoms with Gasteiger partial charge >= 0.3 is 5.97 Å². The highest BCUT2D eigenvalue weighted by atomic mass is 35.5. The third kappa shape index (κ3) is 15.8. The zero-order valence-corrected chi connectivity index (χ0v) is 43.2. The lowest BCUT2D eigenvalue weighted by molar-refractivity contribution is -0.668. The predicted octanol–water partition coefficient (Wildman–Crippen LogP) is 6.69. The van der Waals surface area contributed by atoms with Crippen molar-refractivity contribution in [2.24, 2.45) is 0 Å². The van der Waals surface area contributed by atoms with Crippen LogP contribution in [0, 0.1) is 6.92 Å². The van der Waals surface area contributed by atoms with Crippen molar-refractivity contribution in [1.29, 1.82) is 0 Å². The van der Waals surface area contributed by atoms with Crippen molar-refractivity contribution in [2.45, 2.75) is 69.6 Å². The molecule has 0 spiro atoms. The molecule has 4 heterocycles. The first kappa shape index (κ1) is 53.9. The molecule has 0 saturated carbocycles. The van der Waals surface area contributed by atoms with Gasteiger partial charge in [-0.2, -0.15) is 4.57 Å². The van der Waals surface area contributed by atoms with E-state index in [1.165, 1.54) is 6.92 Å². The van der Waals surface area contributed by atoms with Crippen LogP contribution in [0.4, 0.5) is 5.69 Å². The van der Waals surface area contributed by atoms with Gasteiger partial charge in [0.05, 0.1) is 51.0 Å². The normalized spacial score (nSPS) is 18.3. The standard InChI is InChI=1S/C27H31ClN2O6S4.C14H18N2O6S4/c1-4-20(15-26-29(11-5-13-39(31,32)33)23-17-21(28)7-9-25(23)38-26)16-27-30(12-10-19(3)40(34,35)36)22-14-18(2)6-8-24(22)37-27;17-12(18)9-16-13(19)10(25-14(16)23)3-4-11-15(6-7-24-11)5-1-2-8-26(20,21)22/h6-9,14-17,19H,4-5,10-13H2,1-3H3,(H-,31,32,33,34,35,36);3-4H,1-2,5-9H2,(H,17,18)(H,20,21,22)/p-2/b;10-3-,11-4-. The van der Waals surface area contributed by atoms with E-state index >= 15 is 0 Å². The second-order valence-corrected chi connectivity index (χ2v) is 25.4. The zero-order valence-electron chi connectivity index (χ0n) is 35.9. The van der Waals surface area contributed by atoms with Gasteiger partial charge in [0.15, 0.2) is 6.54 Å². The Labute approximate surface area is 412 Å². The summed E-state index contributed by atoms with van der Waals surface area (Å²) in [6.45, 7) is 7.16. The topological polar surface area (TPSA) is 240 Å². The third-order valence-electron chi connectivity index (χ3n) is 10.2. The van der Waals surface area contributed by atoms with Crippen LogP contribution in [0.2, 0.25) is 5.02 Å². The van der Waals surface area contributed by atoms with Gasteiger partial charge < -0.3 is 28.6 Å². The lowest BCUT2D eigenvalue weighted by Gasteiger charge is -2.24. The van der Waals surface area contributed by atoms with E-state index in [0.29, 0.717) is 48.8 Å². The molecule has 66 heavy (non-hydrogen) atoms. The van der Waals surface area contributed by atoms with Crippen molar-refractivity contribution in [3.05, 3.63) is 90.8 Å². The minimum Gasteiger partial charge on any atom is -0.748 e. The average Bonchev–Trinajstić information content (AvgIpc) is 3.97. The second kappa shape index (κ2) is 23.5. The highest BCUT2D eigenvalue weighted by Gasteiger charge is 2.33. The fourth-order valence-corrected chi connectivity index (χ4v) is 12.9. The van der Waals surface area contributed by atoms with Crippen molar-refractivity contribution in [3.8, 4) is 0 Å². The van der Waals surface area contributed by atoms with Crippen LogP contribution in [0.15, 0.2) is 80.1 Å². The molecule has 1 amide bonds. The number of thiazole rings is 1. The van der Waals surface area contributed by atoms with Crippen LogP contribution in [0.5, 0.6) is 0 Å². The van der Waals surface area contributed by atoms with Crippen molar-refractivity contribution in [3.63, 3.8) is 0 Å². The first-order valence-corrected chi connectivity index (χ1v) is 29.2. The Bertz CT molecular complexity index is 2810. The Morgan fingerprint density at radius 1 is 0.955 bits per heavy atom. The average molecular weight is 1080 g/mol. The minimum atomic E-state index is -4.39. The van der Waals surface area contributed by atoms with Crippen molar-refractivity contribution in [1.82, 2.24) is 9.80 Å². The molecule has 1 atom stereocenters. The number of hydrogen-bond donors (Lipinski definition) is 1. The maximum atomic E-state index is 12.2. The Balaban J connectivity index is 0.000000272. The number of allylic oxidation sites excluding steroid dienone is 4. The van der Waals surface area contributed by atoms with Crippen LogP contribution < -0.4 is 9.47 Å². The number of carboxylic acids is 1. The number of fused-ring (bicyclic) bond motifs is 2. The number of benzene rings is 2. The number of halogens is 1. The molecule has 3 aromatic rings. The summed E-state index contributed by atoms with van der Waals surface area (Å²) in [6, 6.07) is 11.7. The van der Waals surface area contributed by atoms with Crippen molar-refractivity contribution < 1.29 is 58.2 Å². The Morgan fingerprint density at radius 3 is 2.33 bits per heavy atom. The first-order valence-electron chi connectivity index (χ1n) is 20.4.